The van der Waals surface area contributed by atoms with Crippen molar-refractivity contribution in [3.8, 4) is 0 Å². The molecule has 0 radical (unpaired) electrons. The normalized spacial score (nSPS) is 33.6. The smallest absolute Gasteiger partial charge is 0.0177 e. The van der Waals surface area contributed by atoms with Gasteiger partial charge < -0.3 is 0 Å². The molecule has 0 spiro atoms. The van der Waals surface area contributed by atoms with Gasteiger partial charge in [-0.3, -0.25) is 0 Å². The molecule has 6 atom stereocenters. The van der Waals surface area contributed by atoms with Crippen LogP contribution in [0.3, 0.4) is 0 Å². The van der Waals surface area contributed by atoms with E-state index in [-0.39, 0.29) is 0 Å². The molecule has 0 saturated heterocycles. The molecule has 2 saturated carbocycles. The average molecular weight is 379 g/mol. The van der Waals surface area contributed by atoms with Crippen LogP contribution in [-0.2, 0) is 0 Å². The Bertz CT molecular complexity index is 342. The minimum atomic E-state index is 0.882. The molecule has 0 aromatic carbocycles. The Morgan fingerprint density at radius 3 is 2.04 bits per heavy atom. The van der Waals surface area contributed by atoms with Crippen molar-refractivity contribution in [2.75, 3.05) is 0 Å². The second kappa shape index (κ2) is 16.7. The van der Waals surface area contributed by atoms with Crippen molar-refractivity contribution >= 4 is 0 Å². The van der Waals surface area contributed by atoms with Gasteiger partial charge in [0, 0.05) is 0 Å². The fraction of sp³-hybridized carbons (Fsp3) is 0.926. The minimum absolute atomic E-state index is 0.882. The van der Waals surface area contributed by atoms with Crippen molar-refractivity contribution in [3.05, 3.63) is 12.2 Å². The van der Waals surface area contributed by atoms with Crippen LogP contribution in [0.2, 0.25) is 0 Å². The van der Waals surface area contributed by atoms with Crippen molar-refractivity contribution in [1.29, 1.82) is 0 Å². The zero-order valence-electron chi connectivity index (χ0n) is 20.4. The molecule has 2 rings (SSSR count). The van der Waals surface area contributed by atoms with Gasteiger partial charge in [0.1, 0.15) is 0 Å². The van der Waals surface area contributed by atoms with Crippen LogP contribution in [0.15, 0.2) is 12.2 Å². The Morgan fingerprint density at radius 1 is 0.852 bits per heavy atom. The van der Waals surface area contributed by atoms with E-state index in [0.29, 0.717) is 0 Å². The summed E-state index contributed by atoms with van der Waals surface area (Å²) < 4.78 is 0. The molecule has 0 heteroatoms. The van der Waals surface area contributed by atoms with Crippen molar-refractivity contribution in [2.45, 2.75) is 126 Å². The van der Waals surface area contributed by atoms with E-state index in [1.54, 1.807) is 0 Å². The Kier molecular flexibility index (Phi) is 16.5. The minimum Gasteiger partial charge on any atom is -0.0882 e. The molecule has 27 heavy (non-hydrogen) atoms. The summed E-state index contributed by atoms with van der Waals surface area (Å²) in [6.07, 6.45) is 20.7. The molecule has 2 aliphatic carbocycles. The van der Waals surface area contributed by atoms with Gasteiger partial charge in [0.2, 0.25) is 0 Å². The summed E-state index contributed by atoms with van der Waals surface area (Å²) in [6.45, 7) is 18.0. The average Bonchev–Trinajstić information content (AvgIpc) is 2.98. The summed E-state index contributed by atoms with van der Waals surface area (Å²) in [5.41, 5.74) is 0. The van der Waals surface area contributed by atoms with Gasteiger partial charge in [-0.1, -0.05) is 112 Å². The molecule has 2 fully saturated rings. The van der Waals surface area contributed by atoms with E-state index in [4.69, 9.17) is 0 Å². The molecular weight excluding hydrogens is 324 g/mol. The van der Waals surface area contributed by atoms with E-state index in [1.165, 1.54) is 70.6 Å². The highest BCUT2D eigenvalue weighted by molar-refractivity contribution is 5.01. The highest BCUT2D eigenvalue weighted by atomic mass is 14.5. The third-order valence-electron chi connectivity index (χ3n) is 6.88. The lowest BCUT2D eigenvalue weighted by molar-refractivity contribution is 0.238. The van der Waals surface area contributed by atoms with Crippen LogP contribution in [0.4, 0.5) is 0 Å². The first-order valence-corrected chi connectivity index (χ1v) is 12.7. The maximum atomic E-state index is 2.63. The lowest BCUT2D eigenvalue weighted by Crippen LogP contribution is -2.18. The van der Waals surface area contributed by atoms with Crippen molar-refractivity contribution < 1.29 is 0 Å². The largest absolute Gasteiger partial charge is 0.0882 e. The van der Waals surface area contributed by atoms with Gasteiger partial charge in [-0.15, -0.1) is 0 Å². The summed E-state index contributed by atoms with van der Waals surface area (Å²) in [7, 11) is 0. The fourth-order valence-electron chi connectivity index (χ4n) is 5.50. The fourth-order valence-corrected chi connectivity index (χ4v) is 5.50. The first kappa shape index (κ1) is 26.7. The molecule has 162 valence electrons. The number of fused-ring (bicyclic) bond motifs is 1. The molecule has 0 bridgehead atoms. The van der Waals surface area contributed by atoms with Crippen LogP contribution in [0, 0.1) is 35.5 Å². The van der Waals surface area contributed by atoms with Crippen LogP contribution in [-0.4, -0.2) is 0 Å². The van der Waals surface area contributed by atoms with Crippen LogP contribution >= 0.6 is 0 Å². The molecule has 0 nitrogen and oxygen atoms in total. The molecule has 0 aliphatic heterocycles. The summed E-state index contributed by atoms with van der Waals surface area (Å²) >= 11 is 0. The van der Waals surface area contributed by atoms with Crippen molar-refractivity contribution in [3.63, 3.8) is 0 Å². The standard InChI is InChI=1S/C22H40.C3H8.C2H6/c1-5-7-8-9-13-21-18(4)16-20-15-17(3)19(6-2)12-10-11-14-22(20)21;1-3-2;1-2/h9,13,17-22H,5-8,10-12,14-16H2,1-4H3;3H2,1-2H3;1-2H3/b13-9+;;. The number of rotatable bonds is 5. The second-order valence-electron chi connectivity index (χ2n) is 9.16. The molecular formula is C27H54. The molecule has 0 N–H and O–H groups in total. The van der Waals surface area contributed by atoms with Gasteiger partial charge in [0.15, 0.2) is 0 Å². The maximum absolute atomic E-state index is 2.63. The Morgan fingerprint density at radius 2 is 1.44 bits per heavy atom. The summed E-state index contributed by atoms with van der Waals surface area (Å²) in [5.74, 6) is 5.74. The Labute approximate surface area is 174 Å². The van der Waals surface area contributed by atoms with E-state index in [1.807, 2.05) is 13.8 Å². The predicted octanol–water partition coefficient (Wildman–Crippen LogP) is 9.69. The highest BCUT2D eigenvalue weighted by Gasteiger charge is 2.40. The van der Waals surface area contributed by atoms with Crippen LogP contribution in [0.25, 0.3) is 0 Å². The predicted molar refractivity (Wildman–Crippen MR) is 126 cm³/mol. The lowest BCUT2D eigenvalue weighted by atomic mass is 9.78. The SMILES string of the molecule is CC.CCC.CCCC/C=C/C1C(C)CC2CC(C)C(CC)CCCCC21. The van der Waals surface area contributed by atoms with Gasteiger partial charge in [-0.2, -0.15) is 0 Å². The van der Waals surface area contributed by atoms with Gasteiger partial charge >= 0.3 is 0 Å². The molecule has 0 aromatic rings. The molecule has 0 aromatic heterocycles. The first-order chi connectivity index (χ1) is 13.1. The summed E-state index contributed by atoms with van der Waals surface area (Å²) in [6, 6.07) is 0. The van der Waals surface area contributed by atoms with Gasteiger partial charge in [0.05, 0.1) is 0 Å². The van der Waals surface area contributed by atoms with Crippen molar-refractivity contribution in [1.82, 2.24) is 0 Å². The molecule has 2 aliphatic rings. The van der Waals surface area contributed by atoms with Crippen molar-refractivity contribution in [2.24, 2.45) is 35.5 Å². The topological polar surface area (TPSA) is 0 Å². The van der Waals surface area contributed by atoms with E-state index in [2.05, 4.69) is 53.7 Å². The highest BCUT2D eigenvalue weighted by Crippen LogP contribution is 2.49. The third kappa shape index (κ3) is 9.67. The van der Waals surface area contributed by atoms with Crippen LogP contribution < -0.4 is 0 Å². The summed E-state index contributed by atoms with van der Waals surface area (Å²) in [5, 5.41) is 0. The van der Waals surface area contributed by atoms with E-state index >= 15 is 0 Å². The quantitative estimate of drug-likeness (QED) is 0.330. The van der Waals surface area contributed by atoms with E-state index in [0.717, 1.165) is 35.5 Å². The van der Waals surface area contributed by atoms with E-state index in [9.17, 15) is 0 Å². The number of hydrogen-bond acceptors (Lipinski definition) is 0. The number of hydrogen-bond donors (Lipinski definition) is 0. The van der Waals surface area contributed by atoms with Crippen LogP contribution in [0.1, 0.15) is 126 Å². The molecule has 0 heterocycles. The maximum Gasteiger partial charge on any atom is -0.0177 e. The monoisotopic (exact) mass is 378 g/mol. The molecule has 0 amide bonds. The summed E-state index contributed by atoms with van der Waals surface area (Å²) in [4.78, 5) is 0. The van der Waals surface area contributed by atoms with Gasteiger partial charge in [-0.05, 0) is 61.2 Å². The Balaban J connectivity index is 0.00000123. The second-order valence-corrected chi connectivity index (χ2v) is 9.16. The van der Waals surface area contributed by atoms with Crippen LogP contribution in [0.5, 0.6) is 0 Å². The van der Waals surface area contributed by atoms with Gasteiger partial charge in [-0.25, -0.2) is 0 Å². The number of allylic oxidation sites excluding steroid dienone is 2. The Hall–Kier alpha value is -0.260. The zero-order valence-corrected chi connectivity index (χ0v) is 20.4. The van der Waals surface area contributed by atoms with E-state index < -0.39 is 0 Å². The zero-order chi connectivity index (χ0) is 20.7. The van der Waals surface area contributed by atoms with Gasteiger partial charge in [0.25, 0.3) is 0 Å². The first-order valence-electron chi connectivity index (χ1n) is 12.7. The number of unbranched alkanes of at least 4 members (excludes halogenated alkanes) is 2. The third-order valence-corrected chi connectivity index (χ3v) is 6.88. The lowest BCUT2D eigenvalue weighted by Gasteiger charge is -2.27. The molecule has 6 unspecified atom stereocenters.